The fourth-order valence-corrected chi connectivity index (χ4v) is 4.79. The van der Waals surface area contributed by atoms with Gasteiger partial charge in [-0.05, 0) is 46.5 Å². The molecular formula is C23H19NO6S. The van der Waals surface area contributed by atoms with Crippen LogP contribution in [0.25, 0.3) is 11.1 Å². The highest BCUT2D eigenvalue weighted by atomic mass is 32.2. The van der Waals surface area contributed by atoms with Crippen molar-refractivity contribution in [3.63, 3.8) is 0 Å². The van der Waals surface area contributed by atoms with Crippen molar-refractivity contribution in [2.75, 3.05) is 17.7 Å². The third kappa shape index (κ3) is 4.29. The first-order chi connectivity index (χ1) is 14.8. The van der Waals surface area contributed by atoms with Gasteiger partial charge in [0.2, 0.25) is 0 Å². The molecule has 0 heterocycles. The molecule has 0 atom stereocenters. The summed E-state index contributed by atoms with van der Waals surface area (Å²) in [5.41, 5.74) is 4.80. The number of ether oxygens (including phenoxy) is 1. The van der Waals surface area contributed by atoms with E-state index in [0.717, 1.165) is 22.3 Å². The van der Waals surface area contributed by atoms with Crippen molar-refractivity contribution in [2.24, 2.45) is 0 Å². The first-order valence-corrected chi connectivity index (χ1v) is 11.2. The molecular weight excluding hydrogens is 418 g/mol. The number of carbonyl (C=O) groups excluding carboxylic acids is 1. The van der Waals surface area contributed by atoms with E-state index in [4.69, 9.17) is 9.84 Å². The number of nitrogens with one attached hydrogen (secondary N) is 1. The van der Waals surface area contributed by atoms with Gasteiger partial charge in [0.05, 0.1) is 4.90 Å². The number of anilines is 1. The van der Waals surface area contributed by atoms with Gasteiger partial charge >= 0.3 is 12.1 Å². The molecule has 3 aromatic carbocycles. The van der Waals surface area contributed by atoms with Gasteiger partial charge in [0.1, 0.15) is 6.61 Å². The van der Waals surface area contributed by atoms with Crippen LogP contribution in [0, 0.1) is 0 Å². The van der Waals surface area contributed by atoms with Gasteiger partial charge in [-0.15, -0.1) is 0 Å². The van der Waals surface area contributed by atoms with E-state index < -0.39 is 27.7 Å². The van der Waals surface area contributed by atoms with Crippen LogP contribution < -0.4 is 5.32 Å². The summed E-state index contributed by atoms with van der Waals surface area (Å²) < 4.78 is 29.3. The fraction of sp³-hybridized carbons (Fsp3) is 0.130. The van der Waals surface area contributed by atoms with Crippen LogP contribution in [0.1, 0.15) is 17.0 Å². The first kappa shape index (κ1) is 20.6. The molecule has 8 heteroatoms. The minimum atomic E-state index is -3.93. The maximum absolute atomic E-state index is 12.3. The second-order valence-electron chi connectivity index (χ2n) is 7.13. The van der Waals surface area contributed by atoms with Crippen molar-refractivity contribution in [1.29, 1.82) is 0 Å². The zero-order valence-corrected chi connectivity index (χ0v) is 17.1. The van der Waals surface area contributed by atoms with Crippen molar-refractivity contribution >= 4 is 27.6 Å². The second kappa shape index (κ2) is 8.23. The predicted octanol–water partition coefficient (Wildman–Crippen LogP) is 3.91. The van der Waals surface area contributed by atoms with Gasteiger partial charge < -0.3 is 9.84 Å². The third-order valence-electron chi connectivity index (χ3n) is 5.12. The van der Waals surface area contributed by atoms with E-state index >= 15 is 0 Å². The Balaban J connectivity index is 1.42. The number of fused-ring (bicyclic) bond motifs is 3. The molecule has 1 aliphatic carbocycles. The number of hydrogen-bond acceptors (Lipinski definition) is 5. The maximum atomic E-state index is 12.3. The van der Waals surface area contributed by atoms with E-state index in [1.54, 1.807) is 0 Å². The minimum Gasteiger partial charge on any atom is -0.480 e. The molecule has 0 unspecified atom stereocenters. The predicted molar refractivity (Wildman–Crippen MR) is 115 cm³/mol. The lowest BCUT2D eigenvalue weighted by Crippen LogP contribution is -2.18. The molecule has 0 saturated carbocycles. The SMILES string of the molecule is O=C(O)CS(=O)(=O)c1ccc(NC(=O)OCC2c3ccccc3-c3ccccc32)cc1. The van der Waals surface area contributed by atoms with Crippen molar-refractivity contribution in [2.45, 2.75) is 10.8 Å². The van der Waals surface area contributed by atoms with Gasteiger partial charge in [-0.1, -0.05) is 48.5 Å². The normalized spacial score (nSPS) is 12.6. The average molecular weight is 437 g/mol. The van der Waals surface area contributed by atoms with Crippen LogP contribution in [0.4, 0.5) is 10.5 Å². The molecule has 31 heavy (non-hydrogen) atoms. The lowest BCUT2D eigenvalue weighted by molar-refractivity contribution is -0.134. The summed E-state index contributed by atoms with van der Waals surface area (Å²) in [5.74, 6) is -2.49. The highest BCUT2D eigenvalue weighted by Crippen LogP contribution is 2.44. The van der Waals surface area contributed by atoms with Crippen molar-refractivity contribution in [1.82, 2.24) is 0 Å². The zero-order valence-electron chi connectivity index (χ0n) is 16.3. The van der Waals surface area contributed by atoms with Crippen LogP contribution in [0.5, 0.6) is 0 Å². The molecule has 0 bridgehead atoms. The summed E-state index contributed by atoms with van der Waals surface area (Å²) in [5, 5.41) is 11.3. The molecule has 0 saturated heterocycles. The highest BCUT2D eigenvalue weighted by molar-refractivity contribution is 7.92. The Labute approximate surface area is 179 Å². The van der Waals surface area contributed by atoms with E-state index in [0.29, 0.717) is 5.69 Å². The molecule has 0 aromatic heterocycles. The quantitative estimate of drug-likeness (QED) is 0.605. The first-order valence-electron chi connectivity index (χ1n) is 9.52. The molecule has 1 amide bonds. The number of amides is 1. The standard InChI is InChI=1S/C23H19NO6S/c25-22(26)14-31(28,29)16-11-9-15(10-12-16)24-23(27)30-13-21-19-7-3-1-5-17(19)18-6-2-4-8-20(18)21/h1-12,21H,13-14H2,(H,24,27)(H,25,26). The number of carbonyl (C=O) groups is 2. The van der Waals surface area contributed by atoms with Crippen LogP contribution in [0.15, 0.2) is 77.7 Å². The van der Waals surface area contributed by atoms with Crippen LogP contribution in [0.3, 0.4) is 0 Å². The Morgan fingerprint density at radius 3 is 1.97 bits per heavy atom. The lowest BCUT2D eigenvalue weighted by atomic mass is 9.98. The molecule has 0 radical (unpaired) electrons. The number of carboxylic acids is 1. The van der Waals surface area contributed by atoms with E-state index in [1.807, 2.05) is 48.5 Å². The highest BCUT2D eigenvalue weighted by Gasteiger charge is 2.29. The van der Waals surface area contributed by atoms with Crippen LogP contribution in [0.2, 0.25) is 0 Å². The van der Waals surface area contributed by atoms with Gasteiger partial charge in [-0.25, -0.2) is 13.2 Å². The Morgan fingerprint density at radius 2 is 1.42 bits per heavy atom. The number of carboxylic acid groups (broad SMARTS) is 1. The molecule has 0 fully saturated rings. The monoisotopic (exact) mass is 437 g/mol. The van der Waals surface area contributed by atoms with Crippen LogP contribution in [-0.4, -0.2) is 37.9 Å². The Bertz CT molecular complexity index is 1210. The maximum Gasteiger partial charge on any atom is 0.411 e. The Kier molecular flexibility index (Phi) is 5.48. The summed E-state index contributed by atoms with van der Waals surface area (Å²) in [4.78, 5) is 22.8. The molecule has 0 aliphatic heterocycles. The summed E-state index contributed by atoms with van der Waals surface area (Å²) in [6.45, 7) is 0.158. The van der Waals surface area contributed by atoms with Gasteiger partial charge in [-0.2, -0.15) is 0 Å². The molecule has 158 valence electrons. The summed E-state index contributed by atoms with van der Waals surface area (Å²) in [7, 11) is -3.93. The number of benzene rings is 3. The lowest BCUT2D eigenvalue weighted by Gasteiger charge is -2.14. The van der Waals surface area contributed by atoms with E-state index in [-0.39, 0.29) is 17.4 Å². The van der Waals surface area contributed by atoms with Gasteiger partial charge in [0, 0.05) is 11.6 Å². The van der Waals surface area contributed by atoms with Gasteiger partial charge in [0.25, 0.3) is 0 Å². The molecule has 7 nitrogen and oxygen atoms in total. The fourth-order valence-electron chi connectivity index (χ4n) is 3.74. The van der Waals surface area contributed by atoms with Gasteiger partial charge in [0.15, 0.2) is 15.6 Å². The van der Waals surface area contributed by atoms with Crippen LogP contribution >= 0.6 is 0 Å². The second-order valence-corrected chi connectivity index (χ2v) is 9.12. The van der Waals surface area contributed by atoms with Crippen molar-refractivity contribution in [3.05, 3.63) is 83.9 Å². The molecule has 0 spiro atoms. The average Bonchev–Trinajstić information content (AvgIpc) is 3.06. The van der Waals surface area contributed by atoms with Crippen molar-refractivity contribution in [3.8, 4) is 11.1 Å². The van der Waals surface area contributed by atoms with E-state index in [9.17, 15) is 18.0 Å². The number of hydrogen-bond donors (Lipinski definition) is 2. The number of sulfone groups is 1. The Morgan fingerprint density at radius 1 is 0.871 bits per heavy atom. The summed E-state index contributed by atoms with van der Waals surface area (Å²) in [6, 6.07) is 21.3. The third-order valence-corrected chi connectivity index (χ3v) is 6.73. The topological polar surface area (TPSA) is 110 Å². The molecule has 3 aromatic rings. The van der Waals surface area contributed by atoms with E-state index in [2.05, 4.69) is 5.32 Å². The van der Waals surface area contributed by atoms with E-state index in [1.165, 1.54) is 24.3 Å². The molecule has 1 aliphatic rings. The minimum absolute atomic E-state index is 0.0679. The zero-order chi connectivity index (χ0) is 22.0. The largest absolute Gasteiger partial charge is 0.480 e. The summed E-state index contributed by atoms with van der Waals surface area (Å²) >= 11 is 0. The van der Waals surface area contributed by atoms with Crippen molar-refractivity contribution < 1.29 is 27.9 Å². The number of aliphatic carboxylic acids is 1. The Hall–Kier alpha value is -3.65. The van der Waals surface area contributed by atoms with Crippen LogP contribution in [-0.2, 0) is 19.4 Å². The van der Waals surface area contributed by atoms with Gasteiger partial charge in [-0.3, -0.25) is 10.1 Å². The molecule has 2 N–H and O–H groups in total. The smallest absolute Gasteiger partial charge is 0.411 e. The molecule has 4 rings (SSSR count). The number of rotatable bonds is 6. The summed E-state index contributed by atoms with van der Waals surface area (Å²) in [6.07, 6.45) is -0.664.